The SMILES string of the molecule is CCCCCCCCCCCCCCOCC(CNC(=O)[C@H](CCCNC(=N)NS(=O)(=O)c1ccc(C)cc1)NC(=O)O)OCCCCCCCCCCCCCC. The first-order valence-electron chi connectivity index (χ1n) is 23.0. The summed E-state index contributed by atoms with van der Waals surface area (Å²) in [6.45, 7) is 8.25. The van der Waals surface area contributed by atoms with Gasteiger partial charge in [0.2, 0.25) is 11.9 Å². The molecule has 0 heterocycles. The summed E-state index contributed by atoms with van der Waals surface area (Å²) in [6.07, 6.45) is 29.2. The van der Waals surface area contributed by atoms with Crippen LogP contribution in [-0.4, -0.2) is 76.5 Å². The standard InChI is InChI=1S/C45H83N5O7S/c1-4-6-8-10-12-14-16-18-20-22-24-26-35-56-38-40(57-36-27-25-23-21-19-17-15-13-11-9-7-5-2)37-48-43(51)42(49-45(52)53)29-28-34-47-44(46)50-58(54,55)41-32-30-39(3)31-33-41/h30-33,40,42,49H,4-29,34-38H2,1-3H3,(H,48,51)(H,52,53)(H3,46,47,50)/t40?,42-/m0/s1. The number of unbranched alkanes of at least 4 members (excludes halogenated alkanes) is 22. The zero-order chi connectivity index (χ0) is 42.5. The summed E-state index contributed by atoms with van der Waals surface area (Å²) in [5.41, 5.74) is 0.914. The molecule has 58 heavy (non-hydrogen) atoms. The topological polar surface area (TPSA) is 179 Å². The molecule has 1 unspecified atom stereocenters. The van der Waals surface area contributed by atoms with Crippen molar-refractivity contribution in [3.8, 4) is 0 Å². The molecule has 12 nitrogen and oxygen atoms in total. The van der Waals surface area contributed by atoms with Crippen LogP contribution in [0.25, 0.3) is 0 Å². The average Bonchev–Trinajstić information content (AvgIpc) is 3.19. The molecule has 0 aliphatic carbocycles. The van der Waals surface area contributed by atoms with E-state index >= 15 is 0 Å². The number of aryl methyl sites for hydroxylation is 1. The molecule has 13 heteroatoms. The summed E-state index contributed by atoms with van der Waals surface area (Å²) in [7, 11) is -3.93. The van der Waals surface area contributed by atoms with Gasteiger partial charge in [-0.3, -0.25) is 10.2 Å². The summed E-state index contributed by atoms with van der Waals surface area (Å²) in [4.78, 5) is 24.8. The molecule has 0 radical (unpaired) electrons. The van der Waals surface area contributed by atoms with Crippen molar-refractivity contribution in [1.29, 1.82) is 5.41 Å². The van der Waals surface area contributed by atoms with Gasteiger partial charge in [0, 0.05) is 26.3 Å². The highest BCUT2D eigenvalue weighted by molar-refractivity contribution is 7.90. The largest absolute Gasteiger partial charge is 0.465 e. The van der Waals surface area contributed by atoms with Crippen LogP contribution in [0.3, 0.4) is 0 Å². The maximum absolute atomic E-state index is 13.2. The normalized spacial score (nSPS) is 12.5. The molecule has 0 saturated heterocycles. The van der Waals surface area contributed by atoms with Crippen molar-refractivity contribution >= 4 is 28.0 Å². The van der Waals surface area contributed by atoms with Crippen LogP contribution in [0.4, 0.5) is 4.79 Å². The highest BCUT2D eigenvalue weighted by Crippen LogP contribution is 2.14. The minimum Gasteiger partial charge on any atom is -0.465 e. The predicted octanol–water partition coefficient (Wildman–Crippen LogP) is 10.1. The molecule has 0 bridgehead atoms. The second-order valence-corrected chi connectivity index (χ2v) is 17.6. The Balaban J connectivity index is 2.49. The molecule has 0 spiro atoms. The molecule has 2 atom stereocenters. The maximum Gasteiger partial charge on any atom is 0.405 e. The maximum atomic E-state index is 13.2. The number of carboxylic acid groups (broad SMARTS) is 1. The van der Waals surface area contributed by atoms with Crippen LogP contribution in [0.5, 0.6) is 0 Å². The van der Waals surface area contributed by atoms with E-state index in [2.05, 4.69) is 34.5 Å². The number of benzene rings is 1. The number of sulfonamides is 1. The molecule has 1 aromatic carbocycles. The number of ether oxygens (including phenoxy) is 2. The zero-order valence-corrected chi connectivity index (χ0v) is 37.5. The quantitative estimate of drug-likeness (QED) is 0.0215. The van der Waals surface area contributed by atoms with Crippen LogP contribution in [0, 0.1) is 12.3 Å². The Morgan fingerprint density at radius 2 is 1.14 bits per heavy atom. The highest BCUT2D eigenvalue weighted by atomic mass is 32.2. The number of amides is 2. The first-order chi connectivity index (χ1) is 28.1. The number of carbonyl (C=O) groups is 2. The van der Waals surface area contributed by atoms with E-state index in [1.807, 2.05) is 6.92 Å². The lowest BCUT2D eigenvalue weighted by atomic mass is 10.1. The van der Waals surface area contributed by atoms with Crippen molar-refractivity contribution in [1.82, 2.24) is 20.7 Å². The van der Waals surface area contributed by atoms with Crippen LogP contribution in [0.2, 0.25) is 0 Å². The van der Waals surface area contributed by atoms with E-state index in [9.17, 15) is 23.1 Å². The molecular weight excluding hydrogens is 755 g/mol. The highest BCUT2D eigenvalue weighted by Gasteiger charge is 2.22. The third kappa shape index (κ3) is 30.2. The van der Waals surface area contributed by atoms with E-state index in [0.29, 0.717) is 26.2 Å². The van der Waals surface area contributed by atoms with Crippen molar-refractivity contribution < 1.29 is 32.6 Å². The smallest absolute Gasteiger partial charge is 0.405 e. The summed E-state index contributed by atoms with van der Waals surface area (Å²) in [5, 5.41) is 25.3. The molecule has 0 aliphatic rings. The summed E-state index contributed by atoms with van der Waals surface area (Å²) >= 11 is 0. The van der Waals surface area contributed by atoms with Gasteiger partial charge in [-0.1, -0.05) is 173 Å². The number of hydrogen-bond donors (Lipinski definition) is 6. The van der Waals surface area contributed by atoms with E-state index in [1.54, 1.807) is 12.1 Å². The first-order valence-corrected chi connectivity index (χ1v) is 24.5. The molecule has 6 N–H and O–H groups in total. The Morgan fingerprint density at radius 1 is 0.672 bits per heavy atom. The Bertz CT molecular complexity index is 1280. The number of nitrogens with one attached hydrogen (secondary N) is 5. The molecule has 1 aromatic rings. The monoisotopic (exact) mass is 838 g/mol. The lowest BCUT2D eigenvalue weighted by molar-refractivity contribution is -0.124. The van der Waals surface area contributed by atoms with Gasteiger partial charge in [-0.2, -0.15) is 0 Å². The molecule has 1 rings (SSSR count). The minimum atomic E-state index is -3.93. The van der Waals surface area contributed by atoms with Crippen LogP contribution < -0.4 is 20.7 Å². The van der Waals surface area contributed by atoms with Crippen molar-refractivity contribution in [3.63, 3.8) is 0 Å². The van der Waals surface area contributed by atoms with Crippen LogP contribution >= 0.6 is 0 Å². The molecule has 0 saturated carbocycles. The zero-order valence-electron chi connectivity index (χ0n) is 36.7. The van der Waals surface area contributed by atoms with Gasteiger partial charge in [-0.25, -0.2) is 17.9 Å². The fourth-order valence-electron chi connectivity index (χ4n) is 6.84. The van der Waals surface area contributed by atoms with E-state index in [4.69, 9.17) is 14.9 Å². The van der Waals surface area contributed by atoms with Crippen LogP contribution in [-0.2, 0) is 24.3 Å². The molecule has 0 fully saturated rings. The molecule has 0 aliphatic heterocycles. The second kappa shape index (κ2) is 36.0. The van der Waals surface area contributed by atoms with Gasteiger partial charge in [-0.05, 0) is 44.7 Å². The Labute approximate surface area is 353 Å². The molecular formula is C45H83N5O7S. The first kappa shape index (κ1) is 53.1. The van der Waals surface area contributed by atoms with E-state index in [0.717, 1.165) is 31.2 Å². The summed E-state index contributed by atoms with van der Waals surface area (Å²) < 4.78 is 39.6. The van der Waals surface area contributed by atoms with Crippen molar-refractivity contribution in [2.24, 2.45) is 0 Å². The van der Waals surface area contributed by atoms with E-state index in [-0.39, 0.29) is 30.5 Å². The fraction of sp³-hybridized carbons (Fsp3) is 0.800. The van der Waals surface area contributed by atoms with Crippen molar-refractivity contribution in [2.75, 3.05) is 32.9 Å². The summed E-state index contributed by atoms with van der Waals surface area (Å²) in [5.74, 6) is -0.887. The van der Waals surface area contributed by atoms with Crippen molar-refractivity contribution in [2.45, 2.75) is 205 Å². The Hall–Kier alpha value is -2.90. The third-order valence-electron chi connectivity index (χ3n) is 10.5. The average molecular weight is 838 g/mol. The number of rotatable bonds is 39. The minimum absolute atomic E-state index is 0.0400. The van der Waals surface area contributed by atoms with Gasteiger partial charge in [-0.15, -0.1) is 0 Å². The molecule has 2 amide bonds. The number of hydrogen-bond acceptors (Lipinski definition) is 7. The van der Waals surface area contributed by atoms with Crippen LogP contribution in [0.15, 0.2) is 29.2 Å². The summed E-state index contributed by atoms with van der Waals surface area (Å²) in [6, 6.07) is 5.25. The van der Waals surface area contributed by atoms with Gasteiger partial charge in [0.15, 0.2) is 0 Å². The number of carbonyl (C=O) groups excluding carboxylic acids is 1. The molecule has 336 valence electrons. The Kier molecular flexibility index (Phi) is 33.0. The van der Waals surface area contributed by atoms with Gasteiger partial charge >= 0.3 is 6.09 Å². The lowest BCUT2D eigenvalue weighted by Gasteiger charge is -2.22. The third-order valence-corrected chi connectivity index (χ3v) is 11.8. The Morgan fingerprint density at radius 3 is 1.62 bits per heavy atom. The van der Waals surface area contributed by atoms with Crippen molar-refractivity contribution in [3.05, 3.63) is 29.8 Å². The van der Waals surface area contributed by atoms with Gasteiger partial charge in [0.1, 0.15) is 6.04 Å². The van der Waals surface area contributed by atoms with E-state index in [1.165, 1.54) is 141 Å². The number of guanidine groups is 1. The fourth-order valence-corrected chi connectivity index (χ4v) is 7.79. The molecule has 0 aromatic heterocycles. The van der Waals surface area contributed by atoms with Gasteiger partial charge in [0.05, 0.1) is 17.6 Å². The van der Waals surface area contributed by atoms with Gasteiger partial charge < -0.3 is 30.5 Å². The van der Waals surface area contributed by atoms with E-state index < -0.39 is 34.0 Å². The van der Waals surface area contributed by atoms with Crippen LogP contribution in [0.1, 0.15) is 186 Å². The lowest BCUT2D eigenvalue weighted by Crippen LogP contribution is -2.49. The van der Waals surface area contributed by atoms with Gasteiger partial charge in [0.25, 0.3) is 10.0 Å². The second-order valence-electron chi connectivity index (χ2n) is 16.0. The predicted molar refractivity (Wildman–Crippen MR) is 237 cm³/mol.